The summed E-state index contributed by atoms with van der Waals surface area (Å²) in [5.41, 5.74) is 0.271. The van der Waals surface area contributed by atoms with Gasteiger partial charge in [0.05, 0.1) is 6.42 Å². The van der Waals surface area contributed by atoms with Crippen molar-refractivity contribution < 1.29 is 9.59 Å². The SMILES string of the molecule is CC1(C)C(=O)NCCN1C(=O)Cc1ccsc1. The van der Waals surface area contributed by atoms with Crippen LogP contribution >= 0.6 is 11.3 Å². The maximum atomic E-state index is 12.2. The number of piperazine rings is 1. The summed E-state index contributed by atoms with van der Waals surface area (Å²) in [5.74, 6) is -0.0642. The first-order chi connectivity index (χ1) is 8.01. The van der Waals surface area contributed by atoms with E-state index in [1.54, 1.807) is 30.1 Å². The van der Waals surface area contributed by atoms with Gasteiger partial charge in [-0.25, -0.2) is 0 Å². The van der Waals surface area contributed by atoms with Gasteiger partial charge < -0.3 is 10.2 Å². The zero-order chi connectivity index (χ0) is 12.5. The highest BCUT2D eigenvalue weighted by Gasteiger charge is 2.40. The summed E-state index contributed by atoms with van der Waals surface area (Å²) in [5, 5.41) is 6.71. The van der Waals surface area contributed by atoms with Crippen LogP contribution in [0.25, 0.3) is 0 Å². The van der Waals surface area contributed by atoms with Crippen LogP contribution in [0.2, 0.25) is 0 Å². The van der Waals surface area contributed by atoms with Gasteiger partial charge in [0.1, 0.15) is 5.54 Å². The second-order valence-electron chi connectivity index (χ2n) is 4.67. The lowest BCUT2D eigenvalue weighted by molar-refractivity contribution is -0.148. The summed E-state index contributed by atoms with van der Waals surface area (Å²) in [6, 6.07) is 1.94. The number of nitrogens with one attached hydrogen (secondary N) is 1. The summed E-state index contributed by atoms with van der Waals surface area (Å²) < 4.78 is 0. The molecule has 0 spiro atoms. The molecule has 0 saturated carbocycles. The van der Waals surface area contributed by atoms with E-state index in [0.29, 0.717) is 19.5 Å². The van der Waals surface area contributed by atoms with Gasteiger partial charge in [0.2, 0.25) is 11.8 Å². The first-order valence-corrected chi connectivity index (χ1v) is 6.56. The molecule has 1 saturated heterocycles. The highest BCUT2D eigenvalue weighted by Crippen LogP contribution is 2.19. The molecule has 2 rings (SSSR count). The van der Waals surface area contributed by atoms with Crippen LogP contribution in [0.1, 0.15) is 19.4 Å². The highest BCUT2D eigenvalue weighted by atomic mass is 32.1. The molecule has 1 aliphatic heterocycles. The molecule has 1 aromatic rings. The van der Waals surface area contributed by atoms with Gasteiger partial charge in [-0.1, -0.05) is 0 Å². The summed E-state index contributed by atoms with van der Waals surface area (Å²) in [4.78, 5) is 25.6. The van der Waals surface area contributed by atoms with Gasteiger partial charge in [0, 0.05) is 13.1 Å². The van der Waals surface area contributed by atoms with Crippen LogP contribution in [-0.2, 0) is 16.0 Å². The van der Waals surface area contributed by atoms with Crippen molar-refractivity contribution in [2.75, 3.05) is 13.1 Å². The average Bonchev–Trinajstić information content (AvgIpc) is 2.74. The molecule has 0 bridgehead atoms. The Morgan fingerprint density at radius 1 is 1.59 bits per heavy atom. The number of amides is 2. The van der Waals surface area contributed by atoms with E-state index in [9.17, 15) is 9.59 Å². The third-order valence-corrected chi connectivity index (χ3v) is 3.82. The van der Waals surface area contributed by atoms with Gasteiger partial charge in [-0.3, -0.25) is 9.59 Å². The molecule has 17 heavy (non-hydrogen) atoms. The Kier molecular flexibility index (Phi) is 3.19. The first-order valence-electron chi connectivity index (χ1n) is 5.61. The Bertz CT molecular complexity index is 426. The van der Waals surface area contributed by atoms with E-state index in [-0.39, 0.29) is 11.8 Å². The summed E-state index contributed by atoms with van der Waals surface area (Å²) in [6.07, 6.45) is 0.375. The van der Waals surface area contributed by atoms with Crippen molar-refractivity contribution in [2.24, 2.45) is 0 Å². The molecule has 4 nitrogen and oxygen atoms in total. The molecular formula is C12H16N2O2S. The number of carbonyl (C=O) groups excluding carboxylic acids is 2. The fraction of sp³-hybridized carbons (Fsp3) is 0.500. The molecule has 1 aliphatic rings. The van der Waals surface area contributed by atoms with Crippen molar-refractivity contribution in [3.05, 3.63) is 22.4 Å². The van der Waals surface area contributed by atoms with E-state index < -0.39 is 5.54 Å². The molecule has 0 atom stereocenters. The second-order valence-corrected chi connectivity index (χ2v) is 5.45. The molecule has 0 aromatic carbocycles. The molecule has 0 unspecified atom stereocenters. The lowest BCUT2D eigenvalue weighted by Gasteiger charge is -2.41. The third kappa shape index (κ3) is 2.34. The second kappa shape index (κ2) is 4.49. The van der Waals surface area contributed by atoms with Crippen LogP contribution in [0.5, 0.6) is 0 Å². The van der Waals surface area contributed by atoms with E-state index in [0.717, 1.165) is 5.56 Å². The summed E-state index contributed by atoms with van der Waals surface area (Å²) in [7, 11) is 0. The van der Waals surface area contributed by atoms with Crippen molar-refractivity contribution in [3.63, 3.8) is 0 Å². The van der Waals surface area contributed by atoms with Crippen LogP contribution in [0.3, 0.4) is 0 Å². The van der Waals surface area contributed by atoms with Crippen LogP contribution in [-0.4, -0.2) is 35.3 Å². The molecule has 92 valence electrons. The Balaban J connectivity index is 2.10. The van der Waals surface area contributed by atoms with Crippen LogP contribution < -0.4 is 5.32 Å². The Hall–Kier alpha value is -1.36. The highest BCUT2D eigenvalue weighted by molar-refractivity contribution is 7.07. The summed E-state index contributed by atoms with van der Waals surface area (Å²) >= 11 is 1.58. The molecule has 2 amide bonds. The van der Waals surface area contributed by atoms with Crippen molar-refractivity contribution in [2.45, 2.75) is 25.8 Å². The predicted molar refractivity (Wildman–Crippen MR) is 66.8 cm³/mol. The van der Waals surface area contributed by atoms with E-state index >= 15 is 0 Å². The number of carbonyl (C=O) groups is 2. The molecular weight excluding hydrogens is 236 g/mol. The quantitative estimate of drug-likeness (QED) is 0.854. The minimum atomic E-state index is -0.745. The van der Waals surface area contributed by atoms with E-state index in [2.05, 4.69) is 5.32 Å². The lowest BCUT2D eigenvalue weighted by Crippen LogP contribution is -2.63. The fourth-order valence-electron chi connectivity index (χ4n) is 2.00. The van der Waals surface area contributed by atoms with Gasteiger partial charge in [-0.05, 0) is 36.2 Å². The molecule has 5 heteroatoms. The summed E-state index contributed by atoms with van der Waals surface area (Å²) in [6.45, 7) is 4.69. The standard InChI is InChI=1S/C12H16N2O2S/c1-12(2)11(16)13-4-5-14(12)10(15)7-9-3-6-17-8-9/h3,6,8H,4-5,7H2,1-2H3,(H,13,16). The minimum Gasteiger partial charge on any atom is -0.352 e. The van der Waals surface area contributed by atoms with Crippen molar-refractivity contribution in [3.8, 4) is 0 Å². The van der Waals surface area contributed by atoms with E-state index in [4.69, 9.17) is 0 Å². The maximum Gasteiger partial charge on any atom is 0.245 e. The monoisotopic (exact) mass is 252 g/mol. The van der Waals surface area contributed by atoms with Gasteiger partial charge in [-0.15, -0.1) is 0 Å². The zero-order valence-electron chi connectivity index (χ0n) is 10.0. The van der Waals surface area contributed by atoms with Crippen LogP contribution in [0.15, 0.2) is 16.8 Å². The first kappa shape index (κ1) is 12.1. The number of hydrogen-bond donors (Lipinski definition) is 1. The van der Waals surface area contributed by atoms with Gasteiger partial charge in [0.15, 0.2) is 0 Å². The van der Waals surface area contributed by atoms with Crippen molar-refractivity contribution in [1.29, 1.82) is 0 Å². The number of nitrogens with zero attached hydrogens (tertiary/aromatic N) is 1. The average molecular weight is 252 g/mol. The zero-order valence-corrected chi connectivity index (χ0v) is 10.8. The third-order valence-electron chi connectivity index (χ3n) is 3.09. The largest absolute Gasteiger partial charge is 0.352 e. The minimum absolute atomic E-state index is 0.0169. The predicted octanol–water partition coefficient (Wildman–Crippen LogP) is 1.03. The molecule has 1 N–H and O–H groups in total. The van der Waals surface area contributed by atoms with Crippen LogP contribution in [0.4, 0.5) is 0 Å². The number of thiophene rings is 1. The molecule has 0 aliphatic carbocycles. The Morgan fingerprint density at radius 2 is 2.35 bits per heavy atom. The van der Waals surface area contributed by atoms with E-state index in [1.165, 1.54) is 0 Å². The van der Waals surface area contributed by atoms with Gasteiger partial charge >= 0.3 is 0 Å². The normalized spacial score (nSPS) is 18.9. The Morgan fingerprint density at radius 3 is 3.00 bits per heavy atom. The smallest absolute Gasteiger partial charge is 0.245 e. The van der Waals surface area contributed by atoms with Crippen LogP contribution in [0, 0.1) is 0 Å². The number of rotatable bonds is 2. The maximum absolute atomic E-state index is 12.2. The molecule has 1 fully saturated rings. The van der Waals surface area contributed by atoms with Crippen molar-refractivity contribution >= 4 is 23.2 Å². The molecule has 0 radical (unpaired) electrons. The molecule has 2 heterocycles. The molecule has 1 aromatic heterocycles. The van der Waals surface area contributed by atoms with Gasteiger partial charge in [-0.2, -0.15) is 11.3 Å². The topological polar surface area (TPSA) is 49.4 Å². The van der Waals surface area contributed by atoms with E-state index in [1.807, 2.05) is 16.8 Å². The lowest BCUT2D eigenvalue weighted by atomic mass is 9.98. The van der Waals surface area contributed by atoms with Crippen molar-refractivity contribution in [1.82, 2.24) is 10.2 Å². The number of hydrogen-bond acceptors (Lipinski definition) is 3. The fourth-order valence-corrected chi connectivity index (χ4v) is 2.67. The van der Waals surface area contributed by atoms with Gasteiger partial charge in [0.25, 0.3) is 0 Å². The Labute approximate surface area is 105 Å².